The molecule has 2 rings (SSSR count). The minimum absolute atomic E-state index is 0.0396. The number of methoxy groups -OCH3 is 1. The second-order valence-corrected chi connectivity index (χ2v) is 6.27. The van der Waals surface area contributed by atoms with E-state index in [1.807, 2.05) is 18.2 Å². The number of carbonyl (C=O) groups is 2. The second-order valence-electron chi connectivity index (χ2n) is 5.00. The normalized spacial score (nSPS) is 10.6. The lowest BCUT2D eigenvalue weighted by molar-refractivity contribution is -0.144. The smallest absolute Gasteiger partial charge is 0.323 e. The summed E-state index contributed by atoms with van der Waals surface area (Å²) in [6.45, 7) is 0.147. The van der Waals surface area contributed by atoms with E-state index < -0.39 is 5.97 Å². The second kappa shape index (κ2) is 8.77. The third-order valence-corrected chi connectivity index (χ3v) is 4.49. The molecule has 6 nitrogen and oxygen atoms in total. The van der Waals surface area contributed by atoms with Gasteiger partial charge in [-0.2, -0.15) is 0 Å². The van der Waals surface area contributed by atoms with Crippen LogP contribution in [0.1, 0.15) is 5.69 Å². The number of hydrogen-bond donors (Lipinski definition) is 1. The molecule has 0 radical (unpaired) electrons. The predicted molar refractivity (Wildman–Crippen MR) is 92.4 cm³/mol. The zero-order valence-electron chi connectivity index (χ0n) is 13.1. The van der Waals surface area contributed by atoms with Crippen molar-refractivity contribution >= 4 is 34.8 Å². The van der Waals surface area contributed by atoms with Crippen molar-refractivity contribution in [3.05, 3.63) is 40.4 Å². The van der Waals surface area contributed by atoms with Crippen LogP contribution in [0.3, 0.4) is 0 Å². The van der Waals surface area contributed by atoms with E-state index in [0.29, 0.717) is 10.7 Å². The summed E-state index contributed by atoms with van der Waals surface area (Å²) in [5, 5.41) is 12.0. The van der Waals surface area contributed by atoms with Gasteiger partial charge in [0.05, 0.1) is 23.7 Å². The lowest BCUT2D eigenvalue weighted by Gasteiger charge is -2.19. The Morgan fingerprint density at radius 1 is 1.38 bits per heavy atom. The largest absolute Gasteiger partial charge is 0.480 e. The minimum Gasteiger partial charge on any atom is -0.480 e. The van der Waals surface area contributed by atoms with Crippen LogP contribution in [-0.4, -0.2) is 53.7 Å². The molecule has 1 N–H and O–H groups in total. The molecule has 0 aliphatic rings. The number of nitrogens with zero attached hydrogens (tertiary/aromatic N) is 2. The Hall–Kier alpha value is -1.96. The molecule has 0 saturated carbocycles. The van der Waals surface area contributed by atoms with Crippen LogP contribution in [-0.2, 0) is 20.7 Å². The number of carboxylic acid groups (broad SMARTS) is 1. The number of ether oxygens (including phenoxy) is 1. The van der Waals surface area contributed by atoms with E-state index in [-0.39, 0.29) is 32.0 Å². The highest BCUT2D eigenvalue weighted by atomic mass is 35.5. The number of halogens is 1. The Bertz CT molecular complexity index is 720. The van der Waals surface area contributed by atoms with Gasteiger partial charge in [-0.3, -0.25) is 9.59 Å². The van der Waals surface area contributed by atoms with Crippen LogP contribution < -0.4 is 0 Å². The summed E-state index contributed by atoms with van der Waals surface area (Å²) in [6.07, 6.45) is 0.0396. The minimum atomic E-state index is -1.06. The fraction of sp³-hybridized carbons (Fsp3) is 0.312. The van der Waals surface area contributed by atoms with Crippen molar-refractivity contribution in [2.45, 2.75) is 6.42 Å². The molecule has 1 aromatic carbocycles. The van der Waals surface area contributed by atoms with E-state index in [9.17, 15) is 9.59 Å². The molecule has 0 fully saturated rings. The van der Waals surface area contributed by atoms with Crippen molar-refractivity contribution in [2.75, 3.05) is 26.8 Å². The first-order valence-electron chi connectivity index (χ1n) is 7.19. The first kappa shape index (κ1) is 18.4. The van der Waals surface area contributed by atoms with Gasteiger partial charge in [-0.15, -0.1) is 11.3 Å². The number of benzene rings is 1. The Balaban J connectivity index is 2.08. The fourth-order valence-electron chi connectivity index (χ4n) is 2.07. The molecule has 0 spiro atoms. The third kappa shape index (κ3) is 5.02. The SMILES string of the molecule is COCCN(CC(=O)O)C(=O)Cc1csc(-c2ccccc2Cl)n1. The first-order chi connectivity index (χ1) is 11.5. The maximum absolute atomic E-state index is 12.3. The average molecular weight is 369 g/mol. The summed E-state index contributed by atoms with van der Waals surface area (Å²) in [4.78, 5) is 28.9. The summed E-state index contributed by atoms with van der Waals surface area (Å²) in [7, 11) is 1.50. The van der Waals surface area contributed by atoms with Gasteiger partial charge in [0.2, 0.25) is 5.91 Å². The van der Waals surface area contributed by atoms with Crippen LogP contribution in [0.15, 0.2) is 29.6 Å². The third-order valence-electron chi connectivity index (χ3n) is 3.23. The van der Waals surface area contributed by atoms with Crippen molar-refractivity contribution in [1.82, 2.24) is 9.88 Å². The van der Waals surface area contributed by atoms with Gasteiger partial charge in [-0.05, 0) is 6.07 Å². The maximum atomic E-state index is 12.3. The molecule has 128 valence electrons. The Morgan fingerprint density at radius 3 is 2.79 bits per heavy atom. The highest BCUT2D eigenvalue weighted by molar-refractivity contribution is 7.13. The Labute approximate surface area is 148 Å². The van der Waals surface area contributed by atoms with Crippen LogP contribution in [0.2, 0.25) is 5.02 Å². The van der Waals surface area contributed by atoms with Gasteiger partial charge in [0.25, 0.3) is 0 Å². The van der Waals surface area contributed by atoms with Crippen molar-refractivity contribution in [2.24, 2.45) is 0 Å². The fourth-order valence-corrected chi connectivity index (χ4v) is 3.21. The number of aliphatic carboxylic acids is 1. The molecule has 0 atom stereocenters. The molecule has 1 amide bonds. The maximum Gasteiger partial charge on any atom is 0.323 e. The zero-order valence-corrected chi connectivity index (χ0v) is 14.6. The molecule has 0 aliphatic heterocycles. The van der Waals surface area contributed by atoms with E-state index in [4.69, 9.17) is 21.4 Å². The van der Waals surface area contributed by atoms with Crippen LogP contribution in [0.25, 0.3) is 10.6 Å². The first-order valence-corrected chi connectivity index (χ1v) is 8.45. The van der Waals surface area contributed by atoms with Crippen molar-refractivity contribution < 1.29 is 19.4 Å². The Morgan fingerprint density at radius 2 is 2.12 bits per heavy atom. The van der Waals surface area contributed by atoms with Gasteiger partial charge in [0.1, 0.15) is 11.6 Å². The molecule has 0 aliphatic carbocycles. The number of carboxylic acids is 1. The number of rotatable bonds is 8. The van der Waals surface area contributed by atoms with Gasteiger partial charge in [-0.1, -0.05) is 29.8 Å². The lowest BCUT2D eigenvalue weighted by atomic mass is 10.2. The number of thiazole rings is 1. The van der Waals surface area contributed by atoms with E-state index in [0.717, 1.165) is 10.6 Å². The van der Waals surface area contributed by atoms with Gasteiger partial charge >= 0.3 is 5.97 Å². The van der Waals surface area contributed by atoms with Gasteiger partial charge in [0.15, 0.2) is 0 Å². The van der Waals surface area contributed by atoms with E-state index in [1.54, 1.807) is 11.4 Å². The van der Waals surface area contributed by atoms with Crippen molar-refractivity contribution in [1.29, 1.82) is 0 Å². The molecular formula is C16H17ClN2O4S. The molecule has 0 unspecified atom stereocenters. The number of amides is 1. The number of aromatic nitrogens is 1. The molecule has 1 heterocycles. The molecule has 0 saturated heterocycles. The van der Waals surface area contributed by atoms with Crippen LogP contribution in [0.5, 0.6) is 0 Å². The summed E-state index contributed by atoms with van der Waals surface area (Å²) in [5.74, 6) is -1.36. The summed E-state index contributed by atoms with van der Waals surface area (Å²) in [6, 6.07) is 7.35. The molecular weight excluding hydrogens is 352 g/mol. The topological polar surface area (TPSA) is 79.7 Å². The molecule has 24 heavy (non-hydrogen) atoms. The summed E-state index contributed by atoms with van der Waals surface area (Å²) >= 11 is 7.55. The van der Waals surface area contributed by atoms with Gasteiger partial charge in [-0.25, -0.2) is 4.98 Å². The summed E-state index contributed by atoms with van der Waals surface area (Å²) < 4.78 is 4.91. The highest BCUT2D eigenvalue weighted by Gasteiger charge is 2.18. The predicted octanol–water partition coefficient (Wildman–Crippen LogP) is 2.57. The summed E-state index contributed by atoms with van der Waals surface area (Å²) in [5.41, 5.74) is 1.40. The van der Waals surface area contributed by atoms with Crippen LogP contribution >= 0.6 is 22.9 Å². The number of carbonyl (C=O) groups excluding carboxylic acids is 1. The zero-order chi connectivity index (χ0) is 17.5. The molecule has 1 aromatic heterocycles. The molecule has 2 aromatic rings. The van der Waals surface area contributed by atoms with Crippen LogP contribution in [0, 0.1) is 0 Å². The molecule has 0 bridgehead atoms. The Kier molecular flexibility index (Phi) is 6.72. The highest BCUT2D eigenvalue weighted by Crippen LogP contribution is 2.30. The van der Waals surface area contributed by atoms with Gasteiger partial charge < -0.3 is 14.7 Å². The van der Waals surface area contributed by atoms with E-state index in [1.165, 1.54) is 23.3 Å². The monoisotopic (exact) mass is 368 g/mol. The lowest BCUT2D eigenvalue weighted by Crippen LogP contribution is -2.38. The average Bonchev–Trinajstić information content (AvgIpc) is 2.99. The van der Waals surface area contributed by atoms with Crippen molar-refractivity contribution in [3.8, 4) is 10.6 Å². The quantitative estimate of drug-likeness (QED) is 0.774. The number of hydrogen-bond acceptors (Lipinski definition) is 5. The van der Waals surface area contributed by atoms with Crippen molar-refractivity contribution in [3.63, 3.8) is 0 Å². The van der Waals surface area contributed by atoms with Gasteiger partial charge in [0, 0.05) is 24.6 Å². The van der Waals surface area contributed by atoms with E-state index in [2.05, 4.69) is 4.98 Å². The van der Waals surface area contributed by atoms with Crippen LogP contribution in [0.4, 0.5) is 0 Å². The van der Waals surface area contributed by atoms with E-state index >= 15 is 0 Å². The molecule has 8 heteroatoms. The standard InChI is InChI=1S/C16H17ClN2O4S/c1-23-7-6-19(9-15(21)22)14(20)8-11-10-24-16(18-11)12-4-2-3-5-13(12)17/h2-5,10H,6-9H2,1H3,(H,21,22).